The van der Waals surface area contributed by atoms with Crippen molar-refractivity contribution in [1.82, 2.24) is 4.90 Å². The lowest BCUT2D eigenvalue weighted by Gasteiger charge is -2.25. The monoisotopic (exact) mass is 599 g/mol. The van der Waals surface area contributed by atoms with Gasteiger partial charge in [-0.1, -0.05) is 137 Å². The minimum atomic E-state index is -0.947. The molecule has 0 spiro atoms. The van der Waals surface area contributed by atoms with E-state index in [2.05, 4.69) is 22.9 Å². The molecule has 1 atom stereocenters. The van der Waals surface area contributed by atoms with Gasteiger partial charge in [-0.2, -0.15) is 0 Å². The highest BCUT2D eigenvalue weighted by Crippen LogP contribution is 2.40. The largest absolute Gasteiger partial charge is 0.507 e. The lowest BCUT2D eigenvalue weighted by molar-refractivity contribution is -0.140. The van der Waals surface area contributed by atoms with E-state index in [9.17, 15) is 19.1 Å². The Labute approximate surface area is 241 Å². The molecule has 1 fully saturated rings. The third-order valence-corrected chi connectivity index (χ3v) is 8.14. The molecule has 1 aliphatic rings. The van der Waals surface area contributed by atoms with Crippen LogP contribution in [0, 0.1) is 5.82 Å². The van der Waals surface area contributed by atoms with Gasteiger partial charge in [-0.25, -0.2) is 4.39 Å². The van der Waals surface area contributed by atoms with Gasteiger partial charge in [0, 0.05) is 22.1 Å². The zero-order chi connectivity index (χ0) is 28.0. The first kappa shape index (κ1) is 31.1. The Kier molecular flexibility index (Phi) is 13.2. The van der Waals surface area contributed by atoms with Gasteiger partial charge < -0.3 is 10.0 Å². The molecule has 39 heavy (non-hydrogen) atoms. The highest BCUT2D eigenvalue weighted by Gasteiger charge is 2.46. The SMILES string of the molecule is CCCCCCCCCCCCCCCCN1C(=O)C(=O)/C(=C(/O)c2ccc(Br)cc2)[C@@H]1c1ccccc1F. The van der Waals surface area contributed by atoms with Crippen LogP contribution < -0.4 is 0 Å². The van der Waals surface area contributed by atoms with Crippen LogP contribution in [0.25, 0.3) is 5.76 Å². The van der Waals surface area contributed by atoms with Crippen LogP contribution in [0.5, 0.6) is 0 Å². The quantitative estimate of drug-likeness (QED) is 0.0852. The first-order valence-electron chi connectivity index (χ1n) is 14.7. The fourth-order valence-corrected chi connectivity index (χ4v) is 5.64. The highest BCUT2D eigenvalue weighted by molar-refractivity contribution is 9.10. The number of aliphatic hydroxyl groups is 1. The molecule has 1 N–H and O–H groups in total. The summed E-state index contributed by atoms with van der Waals surface area (Å²) in [4.78, 5) is 27.6. The van der Waals surface area contributed by atoms with Gasteiger partial charge in [-0.15, -0.1) is 0 Å². The Morgan fingerprint density at radius 1 is 0.795 bits per heavy atom. The lowest BCUT2D eigenvalue weighted by atomic mass is 9.95. The number of carbonyl (C=O) groups excluding carboxylic acids is 2. The van der Waals surface area contributed by atoms with Crippen molar-refractivity contribution in [3.63, 3.8) is 0 Å². The van der Waals surface area contributed by atoms with E-state index in [0.29, 0.717) is 12.1 Å². The fraction of sp³-hybridized carbons (Fsp3) is 0.515. The summed E-state index contributed by atoms with van der Waals surface area (Å²) >= 11 is 3.36. The molecular weight excluding hydrogens is 557 g/mol. The molecule has 1 amide bonds. The number of rotatable bonds is 17. The van der Waals surface area contributed by atoms with Gasteiger partial charge in [-0.05, 0) is 24.6 Å². The number of likely N-dealkylation sites (tertiary alicyclic amines) is 1. The molecule has 0 unspecified atom stereocenters. The highest BCUT2D eigenvalue weighted by atomic mass is 79.9. The van der Waals surface area contributed by atoms with E-state index in [1.165, 1.54) is 75.2 Å². The molecule has 2 aromatic rings. The predicted molar refractivity (Wildman–Crippen MR) is 160 cm³/mol. The van der Waals surface area contributed by atoms with Gasteiger partial charge in [0.2, 0.25) is 0 Å². The summed E-state index contributed by atoms with van der Waals surface area (Å²) in [6.45, 7) is 2.60. The molecule has 0 aromatic heterocycles. The van der Waals surface area contributed by atoms with E-state index >= 15 is 0 Å². The van der Waals surface area contributed by atoms with E-state index in [1.54, 1.807) is 42.5 Å². The van der Waals surface area contributed by atoms with E-state index in [0.717, 1.165) is 30.2 Å². The number of amides is 1. The number of nitrogens with zero attached hydrogens (tertiary/aromatic N) is 1. The number of halogens is 2. The van der Waals surface area contributed by atoms with Gasteiger partial charge in [0.1, 0.15) is 11.6 Å². The topological polar surface area (TPSA) is 57.6 Å². The predicted octanol–water partition coefficient (Wildman–Crippen LogP) is 9.49. The Balaban J connectivity index is 1.54. The van der Waals surface area contributed by atoms with Gasteiger partial charge in [-0.3, -0.25) is 9.59 Å². The van der Waals surface area contributed by atoms with Crippen LogP contribution in [0.15, 0.2) is 58.6 Å². The van der Waals surface area contributed by atoms with E-state index in [4.69, 9.17) is 0 Å². The number of hydrogen-bond donors (Lipinski definition) is 1. The molecule has 1 saturated heterocycles. The minimum absolute atomic E-state index is 0.0576. The number of carbonyl (C=O) groups is 2. The molecular formula is C33H43BrFNO3. The summed E-state index contributed by atoms with van der Waals surface area (Å²) in [7, 11) is 0. The Morgan fingerprint density at radius 3 is 1.85 bits per heavy atom. The van der Waals surface area contributed by atoms with Crippen LogP contribution in [-0.2, 0) is 9.59 Å². The van der Waals surface area contributed by atoms with Crippen molar-refractivity contribution in [1.29, 1.82) is 0 Å². The molecule has 0 aliphatic carbocycles. The molecule has 0 radical (unpaired) electrons. The third kappa shape index (κ3) is 9.02. The number of unbranched alkanes of at least 4 members (excludes halogenated alkanes) is 13. The summed E-state index contributed by atoms with van der Waals surface area (Å²) < 4.78 is 15.7. The number of ketones is 1. The molecule has 0 bridgehead atoms. The van der Waals surface area contributed by atoms with Gasteiger partial charge in [0.05, 0.1) is 11.6 Å². The van der Waals surface area contributed by atoms with E-state index < -0.39 is 23.5 Å². The first-order chi connectivity index (χ1) is 19.0. The van der Waals surface area contributed by atoms with E-state index in [1.807, 2.05) is 0 Å². The number of Topliss-reactive ketones (excluding diaryl/α,β-unsaturated/α-hetero) is 1. The smallest absolute Gasteiger partial charge is 0.295 e. The third-order valence-electron chi connectivity index (χ3n) is 7.61. The molecule has 1 heterocycles. The fourth-order valence-electron chi connectivity index (χ4n) is 5.37. The molecule has 212 valence electrons. The zero-order valence-corrected chi connectivity index (χ0v) is 24.9. The van der Waals surface area contributed by atoms with Gasteiger partial charge >= 0.3 is 0 Å². The van der Waals surface area contributed by atoms with Crippen LogP contribution in [0.3, 0.4) is 0 Å². The maximum absolute atomic E-state index is 14.9. The van der Waals surface area contributed by atoms with Crippen molar-refractivity contribution in [2.75, 3.05) is 6.54 Å². The normalized spacial score (nSPS) is 16.8. The van der Waals surface area contributed by atoms with Crippen LogP contribution >= 0.6 is 15.9 Å². The summed E-state index contributed by atoms with van der Waals surface area (Å²) in [5, 5.41) is 11.1. The average molecular weight is 601 g/mol. The van der Waals surface area contributed by atoms with Crippen LogP contribution in [-0.4, -0.2) is 28.2 Å². The molecule has 3 rings (SSSR count). The molecule has 6 heteroatoms. The van der Waals surface area contributed by atoms with E-state index in [-0.39, 0.29) is 16.9 Å². The first-order valence-corrected chi connectivity index (χ1v) is 15.5. The van der Waals surface area contributed by atoms with Crippen molar-refractivity contribution < 1.29 is 19.1 Å². The maximum Gasteiger partial charge on any atom is 0.295 e. The molecule has 0 saturated carbocycles. The molecule has 2 aromatic carbocycles. The Morgan fingerprint density at radius 2 is 1.31 bits per heavy atom. The van der Waals surface area contributed by atoms with Crippen molar-refractivity contribution in [3.8, 4) is 0 Å². The minimum Gasteiger partial charge on any atom is -0.507 e. The average Bonchev–Trinajstić information content (AvgIpc) is 3.18. The Bertz CT molecular complexity index is 1100. The van der Waals surface area contributed by atoms with Crippen molar-refractivity contribution >= 4 is 33.4 Å². The van der Waals surface area contributed by atoms with Gasteiger partial charge in [0.25, 0.3) is 11.7 Å². The van der Waals surface area contributed by atoms with Crippen LogP contribution in [0.2, 0.25) is 0 Å². The standard InChI is InChI=1S/C33H43BrFNO3/c1-2-3-4-5-6-7-8-9-10-11-12-13-14-17-24-36-30(27-18-15-16-19-28(27)35)29(32(38)33(36)39)31(37)25-20-22-26(34)23-21-25/h15-16,18-23,30,37H,2-14,17,24H2,1H3/b31-29+/t30-/m0/s1. The second kappa shape index (κ2) is 16.6. The number of aliphatic hydroxyl groups excluding tert-OH is 1. The molecule has 1 aliphatic heterocycles. The summed E-state index contributed by atoms with van der Waals surface area (Å²) in [5.74, 6) is -2.24. The Hall–Kier alpha value is -2.47. The van der Waals surface area contributed by atoms with Crippen molar-refractivity contribution in [2.24, 2.45) is 0 Å². The number of hydrogen-bond acceptors (Lipinski definition) is 3. The second-order valence-corrected chi connectivity index (χ2v) is 11.5. The van der Waals surface area contributed by atoms with Gasteiger partial charge in [0.15, 0.2) is 0 Å². The summed E-state index contributed by atoms with van der Waals surface area (Å²) in [5.41, 5.74) is 0.576. The summed E-state index contributed by atoms with van der Waals surface area (Å²) in [6, 6.07) is 12.0. The van der Waals surface area contributed by atoms with Crippen molar-refractivity contribution in [2.45, 2.75) is 103 Å². The van der Waals surface area contributed by atoms with Crippen LogP contribution in [0.4, 0.5) is 4.39 Å². The van der Waals surface area contributed by atoms with Crippen molar-refractivity contribution in [3.05, 3.63) is 75.5 Å². The lowest BCUT2D eigenvalue weighted by Crippen LogP contribution is -2.31. The maximum atomic E-state index is 14.9. The zero-order valence-electron chi connectivity index (χ0n) is 23.3. The molecule has 4 nitrogen and oxygen atoms in total. The van der Waals surface area contributed by atoms with Crippen LogP contribution in [0.1, 0.15) is 114 Å². The number of benzene rings is 2. The summed E-state index contributed by atoms with van der Waals surface area (Å²) in [6.07, 6.45) is 17.2. The second-order valence-electron chi connectivity index (χ2n) is 10.6.